The van der Waals surface area contributed by atoms with Crippen molar-refractivity contribution in [2.45, 2.75) is 32.1 Å². The highest BCUT2D eigenvalue weighted by atomic mass is 35.5. The number of fused-ring (bicyclic) bond motifs is 1. The van der Waals surface area contributed by atoms with Crippen molar-refractivity contribution in [2.24, 2.45) is 0 Å². The van der Waals surface area contributed by atoms with Crippen LogP contribution in [0.4, 0.5) is 0 Å². The molecular formula is C19H20ClN3OS. The van der Waals surface area contributed by atoms with E-state index < -0.39 is 0 Å². The fourth-order valence-corrected chi connectivity index (χ4v) is 4.30. The molecule has 3 heterocycles. The molecule has 25 heavy (non-hydrogen) atoms. The first-order chi connectivity index (χ1) is 12.2. The number of likely N-dealkylation sites (tertiary alicyclic amines) is 1. The molecular weight excluding hydrogens is 354 g/mol. The van der Waals surface area contributed by atoms with E-state index in [-0.39, 0.29) is 5.91 Å². The molecule has 0 bridgehead atoms. The van der Waals surface area contributed by atoms with E-state index in [4.69, 9.17) is 11.6 Å². The van der Waals surface area contributed by atoms with E-state index in [0.717, 1.165) is 47.8 Å². The van der Waals surface area contributed by atoms with Gasteiger partial charge in [0.15, 0.2) is 4.96 Å². The third-order valence-electron chi connectivity index (χ3n) is 4.71. The van der Waals surface area contributed by atoms with Crippen molar-refractivity contribution in [2.75, 3.05) is 13.1 Å². The van der Waals surface area contributed by atoms with Crippen molar-refractivity contribution in [1.29, 1.82) is 0 Å². The van der Waals surface area contributed by atoms with Crippen LogP contribution in [0.15, 0.2) is 35.8 Å². The Balaban J connectivity index is 1.56. The van der Waals surface area contributed by atoms with Gasteiger partial charge < -0.3 is 4.90 Å². The minimum absolute atomic E-state index is 0.225. The standard InChI is InChI=1S/C19H20ClN3OS/c20-15-7-5-14(6-8-15)17-12-23-16(13-25-19(23)21-17)11-18(24)22-9-3-1-2-4-10-22/h5-8,12-13H,1-4,9-11H2. The molecule has 4 rings (SSSR count). The maximum Gasteiger partial charge on any atom is 0.228 e. The molecule has 3 aromatic rings. The van der Waals surface area contributed by atoms with Gasteiger partial charge in [0, 0.05) is 40.9 Å². The first kappa shape index (κ1) is 16.6. The molecule has 1 saturated heterocycles. The lowest BCUT2D eigenvalue weighted by Gasteiger charge is -2.19. The predicted octanol–water partition coefficient (Wildman–Crippen LogP) is 4.66. The summed E-state index contributed by atoms with van der Waals surface area (Å²) in [5, 5.41) is 2.76. The SMILES string of the molecule is O=C(Cc1csc2nc(-c3ccc(Cl)cc3)cn12)N1CCCCCC1. The summed E-state index contributed by atoms with van der Waals surface area (Å²) in [5.74, 6) is 0.225. The number of nitrogens with zero attached hydrogens (tertiary/aromatic N) is 3. The van der Waals surface area contributed by atoms with E-state index >= 15 is 0 Å². The minimum atomic E-state index is 0.225. The maximum atomic E-state index is 12.7. The van der Waals surface area contributed by atoms with Gasteiger partial charge in [-0.2, -0.15) is 0 Å². The average molecular weight is 374 g/mol. The number of halogens is 1. The van der Waals surface area contributed by atoms with Crippen LogP contribution in [0.2, 0.25) is 5.02 Å². The Morgan fingerprint density at radius 3 is 2.56 bits per heavy atom. The lowest BCUT2D eigenvalue weighted by molar-refractivity contribution is -0.130. The van der Waals surface area contributed by atoms with E-state index in [0.29, 0.717) is 11.4 Å². The third kappa shape index (κ3) is 3.58. The van der Waals surface area contributed by atoms with Gasteiger partial charge >= 0.3 is 0 Å². The van der Waals surface area contributed by atoms with E-state index in [2.05, 4.69) is 4.98 Å². The van der Waals surface area contributed by atoms with Crippen molar-refractivity contribution >= 4 is 33.8 Å². The number of imidazole rings is 1. The largest absolute Gasteiger partial charge is 0.342 e. The molecule has 1 aromatic carbocycles. The molecule has 0 N–H and O–H groups in total. The Morgan fingerprint density at radius 1 is 1.12 bits per heavy atom. The molecule has 0 saturated carbocycles. The van der Waals surface area contributed by atoms with Crippen molar-refractivity contribution in [1.82, 2.24) is 14.3 Å². The first-order valence-corrected chi connectivity index (χ1v) is 9.96. The Labute approximate surface area is 156 Å². The Kier molecular flexibility index (Phi) is 4.77. The number of carbonyl (C=O) groups excluding carboxylic acids is 1. The molecule has 6 heteroatoms. The number of aromatic nitrogens is 2. The van der Waals surface area contributed by atoms with Gasteiger partial charge in [0.1, 0.15) is 0 Å². The van der Waals surface area contributed by atoms with Gasteiger partial charge in [-0.15, -0.1) is 11.3 Å². The van der Waals surface area contributed by atoms with Crippen LogP contribution in [-0.4, -0.2) is 33.3 Å². The smallest absolute Gasteiger partial charge is 0.228 e. The fraction of sp³-hybridized carbons (Fsp3) is 0.368. The molecule has 4 nitrogen and oxygen atoms in total. The highest BCUT2D eigenvalue weighted by Crippen LogP contribution is 2.25. The summed E-state index contributed by atoms with van der Waals surface area (Å²) >= 11 is 7.54. The molecule has 0 spiro atoms. The molecule has 1 fully saturated rings. The molecule has 0 radical (unpaired) electrons. The van der Waals surface area contributed by atoms with Crippen molar-refractivity contribution < 1.29 is 4.79 Å². The van der Waals surface area contributed by atoms with Crippen LogP contribution in [0.3, 0.4) is 0 Å². The van der Waals surface area contributed by atoms with Gasteiger partial charge in [0.25, 0.3) is 0 Å². The molecule has 0 unspecified atom stereocenters. The van der Waals surface area contributed by atoms with Crippen molar-refractivity contribution in [3.63, 3.8) is 0 Å². The zero-order valence-corrected chi connectivity index (χ0v) is 15.5. The minimum Gasteiger partial charge on any atom is -0.342 e. The van der Waals surface area contributed by atoms with Gasteiger partial charge in [-0.3, -0.25) is 9.20 Å². The van der Waals surface area contributed by atoms with Gasteiger partial charge in [0.2, 0.25) is 5.91 Å². The van der Waals surface area contributed by atoms with Crippen molar-refractivity contribution in [3.05, 3.63) is 46.6 Å². The Bertz CT molecular complexity index is 876. The number of benzene rings is 1. The molecule has 0 aliphatic carbocycles. The second-order valence-corrected chi connectivity index (χ2v) is 7.76. The number of rotatable bonds is 3. The maximum absolute atomic E-state index is 12.7. The number of carbonyl (C=O) groups is 1. The lowest BCUT2D eigenvalue weighted by atomic mass is 10.2. The highest BCUT2D eigenvalue weighted by molar-refractivity contribution is 7.15. The second-order valence-electron chi connectivity index (χ2n) is 6.48. The predicted molar refractivity (Wildman–Crippen MR) is 102 cm³/mol. The monoisotopic (exact) mass is 373 g/mol. The second kappa shape index (κ2) is 7.18. The zero-order chi connectivity index (χ0) is 17.2. The molecule has 1 aliphatic heterocycles. The average Bonchev–Trinajstić information content (AvgIpc) is 3.06. The normalized spacial score (nSPS) is 15.5. The topological polar surface area (TPSA) is 37.6 Å². The fourth-order valence-electron chi connectivity index (χ4n) is 3.30. The van der Waals surface area contributed by atoms with E-state index in [1.165, 1.54) is 12.8 Å². The molecule has 0 atom stereocenters. The van der Waals surface area contributed by atoms with Gasteiger partial charge in [0.05, 0.1) is 12.1 Å². The van der Waals surface area contributed by atoms with E-state index in [1.807, 2.05) is 45.1 Å². The zero-order valence-electron chi connectivity index (χ0n) is 13.9. The van der Waals surface area contributed by atoms with Gasteiger partial charge in [-0.1, -0.05) is 36.6 Å². The van der Waals surface area contributed by atoms with Crippen LogP contribution in [-0.2, 0) is 11.2 Å². The molecule has 130 valence electrons. The van der Waals surface area contributed by atoms with E-state index in [1.54, 1.807) is 11.3 Å². The first-order valence-electron chi connectivity index (χ1n) is 8.70. The van der Waals surface area contributed by atoms with Crippen LogP contribution < -0.4 is 0 Å². The third-order valence-corrected chi connectivity index (χ3v) is 5.86. The summed E-state index contributed by atoms with van der Waals surface area (Å²) in [6.07, 6.45) is 7.17. The summed E-state index contributed by atoms with van der Waals surface area (Å²) in [6, 6.07) is 7.68. The Hall–Kier alpha value is -1.85. The summed E-state index contributed by atoms with van der Waals surface area (Å²) in [5.41, 5.74) is 2.96. The van der Waals surface area contributed by atoms with Crippen LogP contribution in [0.5, 0.6) is 0 Å². The highest BCUT2D eigenvalue weighted by Gasteiger charge is 2.18. The van der Waals surface area contributed by atoms with Crippen LogP contribution in [0.25, 0.3) is 16.2 Å². The number of thiazole rings is 1. The molecule has 1 amide bonds. The lowest BCUT2D eigenvalue weighted by Crippen LogP contribution is -2.33. The quantitative estimate of drug-likeness (QED) is 0.669. The summed E-state index contributed by atoms with van der Waals surface area (Å²) in [6.45, 7) is 1.79. The Morgan fingerprint density at radius 2 is 1.84 bits per heavy atom. The summed E-state index contributed by atoms with van der Waals surface area (Å²) in [7, 11) is 0. The van der Waals surface area contributed by atoms with Gasteiger partial charge in [-0.25, -0.2) is 4.98 Å². The van der Waals surface area contributed by atoms with Crippen LogP contribution in [0, 0.1) is 0 Å². The molecule has 1 aliphatic rings. The van der Waals surface area contributed by atoms with Crippen LogP contribution >= 0.6 is 22.9 Å². The number of amides is 1. The molecule has 2 aromatic heterocycles. The van der Waals surface area contributed by atoms with Crippen LogP contribution in [0.1, 0.15) is 31.4 Å². The number of hydrogen-bond donors (Lipinski definition) is 0. The number of hydrogen-bond acceptors (Lipinski definition) is 3. The van der Waals surface area contributed by atoms with Gasteiger partial charge in [-0.05, 0) is 25.0 Å². The van der Waals surface area contributed by atoms with E-state index in [9.17, 15) is 4.79 Å². The summed E-state index contributed by atoms with van der Waals surface area (Å²) < 4.78 is 2.05. The van der Waals surface area contributed by atoms with Crippen molar-refractivity contribution in [3.8, 4) is 11.3 Å². The summed E-state index contributed by atoms with van der Waals surface area (Å²) in [4.78, 5) is 20.3.